The van der Waals surface area contributed by atoms with Gasteiger partial charge in [0.2, 0.25) is 10.0 Å². The van der Waals surface area contributed by atoms with Crippen molar-refractivity contribution < 1.29 is 8.42 Å². The molecule has 0 saturated carbocycles. The Kier molecular flexibility index (Phi) is 6.03. The first-order valence-electron chi connectivity index (χ1n) is 5.79. The monoisotopic (exact) mass is 268 g/mol. The first-order chi connectivity index (χ1) is 7.55. The lowest BCUT2D eigenvalue weighted by atomic mass is 10.2. The third kappa shape index (κ3) is 4.99. The summed E-state index contributed by atoms with van der Waals surface area (Å²) in [6.45, 7) is 1.61. The van der Waals surface area contributed by atoms with E-state index in [0.29, 0.717) is 24.9 Å². The molecule has 0 spiro atoms. The minimum atomic E-state index is -3.10. The predicted octanol–water partition coefficient (Wildman–Crippen LogP) is 1.02. The van der Waals surface area contributed by atoms with Crippen LogP contribution < -0.4 is 4.72 Å². The summed E-state index contributed by atoms with van der Waals surface area (Å²) in [4.78, 5) is 2.21. The van der Waals surface area contributed by atoms with Crippen molar-refractivity contribution in [3.05, 3.63) is 0 Å². The Morgan fingerprint density at radius 3 is 2.75 bits per heavy atom. The van der Waals surface area contributed by atoms with Crippen molar-refractivity contribution in [3.8, 4) is 0 Å². The van der Waals surface area contributed by atoms with Crippen molar-refractivity contribution in [2.75, 3.05) is 31.8 Å². The van der Waals surface area contributed by atoms with Gasteiger partial charge in [-0.15, -0.1) is 11.6 Å². The lowest BCUT2D eigenvalue weighted by molar-refractivity contribution is 0.311. The summed E-state index contributed by atoms with van der Waals surface area (Å²) in [5.74, 6) is 0.719. The Bertz CT molecular complexity index is 295. The minimum Gasteiger partial charge on any atom is -0.302 e. The molecule has 1 fully saturated rings. The molecule has 0 aliphatic carbocycles. The highest BCUT2D eigenvalue weighted by molar-refractivity contribution is 7.89. The van der Waals surface area contributed by atoms with Crippen molar-refractivity contribution in [2.24, 2.45) is 0 Å². The first kappa shape index (κ1) is 14.2. The van der Waals surface area contributed by atoms with Crippen LogP contribution in [0.1, 0.15) is 25.7 Å². The SMILES string of the molecule is CN1CCCC1CNS(=O)(=O)CCCCCl. The van der Waals surface area contributed by atoms with Gasteiger partial charge in [-0.25, -0.2) is 13.1 Å². The first-order valence-corrected chi connectivity index (χ1v) is 7.97. The molecule has 0 aromatic heterocycles. The number of rotatable bonds is 7. The van der Waals surface area contributed by atoms with E-state index in [9.17, 15) is 8.42 Å². The molecule has 1 rings (SSSR count). The second kappa shape index (κ2) is 6.79. The number of sulfonamides is 1. The summed E-state index contributed by atoms with van der Waals surface area (Å²) in [6.07, 6.45) is 3.64. The van der Waals surface area contributed by atoms with E-state index >= 15 is 0 Å². The quantitative estimate of drug-likeness (QED) is 0.554. The van der Waals surface area contributed by atoms with Crippen molar-refractivity contribution in [1.29, 1.82) is 0 Å². The Balaban J connectivity index is 2.24. The number of hydrogen-bond donors (Lipinski definition) is 1. The highest BCUT2D eigenvalue weighted by atomic mass is 35.5. The van der Waals surface area contributed by atoms with Gasteiger partial charge in [-0.05, 0) is 39.3 Å². The molecule has 1 N–H and O–H groups in total. The summed E-state index contributed by atoms with van der Waals surface area (Å²) in [7, 11) is -1.06. The minimum absolute atomic E-state index is 0.191. The van der Waals surface area contributed by atoms with Gasteiger partial charge in [0.15, 0.2) is 0 Å². The summed E-state index contributed by atoms with van der Waals surface area (Å²) >= 11 is 5.51. The lowest BCUT2D eigenvalue weighted by Gasteiger charge is -2.19. The lowest BCUT2D eigenvalue weighted by Crippen LogP contribution is -2.39. The fourth-order valence-electron chi connectivity index (χ4n) is 1.92. The van der Waals surface area contributed by atoms with Crippen molar-refractivity contribution in [1.82, 2.24) is 9.62 Å². The van der Waals surface area contributed by atoms with Gasteiger partial charge < -0.3 is 4.90 Å². The maximum Gasteiger partial charge on any atom is 0.211 e. The zero-order valence-corrected chi connectivity index (χ0v) is 11.4. The number of alkyl halides is 1. The van der Waals surface area contributed by atoms with E-state index < -0.39 is 10.0 Å². The van der Waals surface area contributed by atoms with Crippen LogP contribution in [0.25, 0.3) is 0 Å². The van der Waals surface area contributed by atoms with E-state index in [1.807, 2.05) is 7.05 Å². The number of hydrogen-bond acceptors (Lipinski definition) is 3. The average molecular weight is 269 g/mol. The molecule has 0 amide bonds. The number of likely N-dealkylation sites (tertiary alicyclic amines) is 1. The fourth-order valence-corrected chi connectivity index (χ4v) is 3.28. The van der Waals surface area contributed by atoms with Crippen LogP contribution in [-0.4, -0.2) is 51.1 Å². The Morgan fingerprint density at radius 2 is 2.19 bits per heavy atom. The van der Waals surface area contributed by atoms with E-state index in [0.717, 1.165) is 25.8 Å². The second-order valence-electron chi connectivity index (χ2n) is 4.34. The van der Waals surface area contributed by atoms with E-state index in [2.05, 4.69) is 9.62 Å². The van der Waals surface area contributed by atoms with Crippen LogP contribution in [0.4, 0.5) is 0 Å². The van der Waals surface area contributed by atoms with Crippen LogP contribution in [0, 0.1) is 0 Å². The molecule has 1 unspecified atom stereocenters. The molecule has 1 aliphatic rings. The molecule has 0 aromatic carbocycles. The van der Waals surface area contributed by atoms with Gasteiger partial charge >= 0.3 is 0 Å². The second-order valence-corrected chi connectivity index (χ2v) is 6.64. The Labute approximate surface area is 103 Å². The summed E-state index contributed by atoms with van der Waals surface area (Å²) in [5, 5.41) is 0. The van der Waals surface area contributed by atoms with Gasteiger partial charge in [0.05, 0.1) is 5.75 Å². The molecule has 1 atom stereocenters. The van der Waals surface area contributed by atoms with Crippen LogP contribution in [0.2, 0.25) is 0 Å². The molecular weight excluding hydrogens is 248 g/mol. The molecule has 4 nitrogen and oxygen atoms in total. The smallest absolute Gasteiger partial charge is 0.211 e. The fraction of sp³-hybridized carbons (Fsp3) is 1.00. The van der Waals surface area contributed by atoms with E-state index in [1.165, 1.54) is 0 Å². The van der Waals surface area contributed by atoms with Gasteiger partial charge in [-0.3, -0.25) is 0 Å². The maximum absolute atomic E-state index is 11.6. The van der Waals surface area contributed by atoms with Gasteiger partial charge in [-0.1, -0.05) is 0 Å². The summed E-state index contributed by atoms with van der Waals surface area (Å²) in [6, 6.07) is 0.364. The number of nitrogens with zero attached hydrogens (tertiary/aromatic N) is 1. The van der Waals surface area contributed by atoms with E-state index in [4.69, 9.17) is 11.6 Å². The molecule has 1 heterocycles. The summed E-state index contributed by atoms with van der Waals surface area (Å²) < 4.78 is 25.9. The molecule has 96 valence electrons. The standard InChI is InChI=1S/C10H21ClN2O2S/c1-13-7-4-5-10(13)9-12-16(14,15)8-3-2-6-11/h10,12H,2-9H2,1H3. The molecular formula is C10H21ClN2O2S. The van der Waals surface area contributed by atoms with Crippen LogP contribution in [0.3, 0.4) is 0 Å². The molecule has 1 aliphatic heterocycles. The molecule has 0 aromatic rings. The normalized spacial score (nSPS) is 22.8. The number of unbranched alkanes of at least 4 members (excludes halogenated alkanes) is 1. The third-order valence-corrected chi connectivity index (χ3v) is 4.71. The van der Waals surface area contributed by atoms with Crippen LogP contribution in [0.5, 0.6) is 0 Å². The van der Waals surface area contributed by atoms with Gasteiger partial charge in [0, 0.05) is 18.5 Å². The molecule has 16 heavy (non-hydrogen) atoms. The highest BCUT2D eigenvalue weighted by Crippen LogP contribution is 2.13. The van der Waals surface area contributed by atoms with Crippen LogP contribution in [0.15, 0.2) is 0 Å². The van der Waals surface area contributed by atoms with Crippen molar-refractivity contribution in [3.63, 3.8) is 0 Å². The van der Waals surface area contributed by atoms with Gasteiger partial charge in [0.25, 0.3) is 0 Å². The van der Waals surface area contributed by atoms with Crippen LogP contribution in [-0.2, 0) is 10.0 Å². The van der Waals surface area contributed by atoms with Gasteiger partial charge in [-0.2, -0.15) is 0 Å². The van der Waals surface area contributed by atoms with Crippen molar-refractivity contribution in [2.45, 2.75) is 31.7 Å². The molecule has 0 bridgehead atoms. The topological polar surface area (TPSA) is 49.4 Å². The summed E-state index contributed by atoms with van der Waals surface area (Å²) in [5.41, 5.74) is 0. The number of halogens is 1. The van der Waals surface area contributed by atoms with Crippen LogP contribution >= 0.6 is 11.6 Å². The zero-order valence-electron chi connectivity index (χ0n) is 9.78. The number of nitrogens with one attached hydrogen (secondary N) is 1. The molecule has 1 saturated heterocycles. The zero-order chi connectivity index (χ0) is 12.0. The molecule has 0 radical (unpaired) electrons. The van der Waals surface area contributed by atoms with Gasteiger partial charge in [0.1, 0.15) is 0 Å². The largest absolute Gasteiger partial charge is 0.302 e. The predicted molar refractivity (Wildman–Crippen MR) is 67.4 cm³/mol. The Hall–Kier alpha value is 0.160. The average Bonchev–Trinajstić information content (AvgIpc) is 2.62. The maximum atomic E-state index is 11.6. The highest BCUT2D eigenvalue weighted by Gasteiger charge is 2.22. The third-order valence-electron chi connectivity index (χ3n) is 3.01. The molecule has 6 heteroatoms. The van der Waals surface area contributed by atoms with E-state index in [1.54, 1.807) is 0 Å². The van der Waals surface area contributed by atoms with E-state index in [-0.39, 0.29) is 5.75 Å². The Morgan fingerprint density at radius 1 is 1.44 bits per heavy atom. The van der Waals surface area contributed by atoms with Crippen molar-refractivity contribution >= 4 is 21.6 Å². The number of likely N-dealkylation sites (N-methyl/N-ethyl adjacent to an activating group) is 1.